The molecule has 27 heavy (non-hydrogen) atoms. The number of allylic oxidation sites excluding steroid dienone is 1. The zero-order valence-electron chi connectivity index (χ0n) is 14.4. The number of benzene rings is 2. The highest BCUT2D eigenvalue weighted by Crippen LogP contribution is 2.35. The molecule has 2 N–H and O–H groups in total. The summed E-state index contributed by atoms with van der Waals surface area (Å²) in [6.45, 7) is 0.0876. The van der Waals surface area contributed by atoms with Crippen LogP contribution in [0.3, 0.4) is 0 Å². The molecule has 138 valence electrons. The number of aromatic nitrogens is 3. The molecule has 0 radical (unpaired) electrons. The van der Waals surface area contributed by atoms with Gasteiger partial charge in [0.25, 0.3) is 0 Å². The fraction of sp³-hybridized carbons (Fsp3) is 0.200. The van der Waals surface area contributed by atoms with Gasteiger partial charge in [-0.15, -0.1) is 0 Å². The summed E-state index contributed by atoms with van der Waals surface area (Å²) in [5.74, 6) is 0.958. The Kier molecular flexibility index (Phi) is 4.92. The molecule has 2 heterocycles. The lowest BCUT2D eigenvalue weighted by Crippen LogP contribution is -2.20. The first-order valence-electron chi connectivity index (χ1n) is 8.71. The highest BCUT2D eigenvalue weighted by molar-refractivity contribution is 6.31. The van der Waals surface area contributed by atoms with Crippen molar-refractivity contribution >= 4 is 23.2 Å². The van der Waals surface area contributed by atoms with Gasteiger partial charge in [0.1, 0.15) is 11.9 Å². The third-order valence-electron chi connectivity index (χ3n) is 4.45. The molecular formula is C20H18ClFN4O. The predicted molar refractivity (Wildman–Crippen MR) is 103 cm³/mol. The van der Waals surface area contributed by atoms with Crippen LogP contribution in [0.15, 0.2) is 54.6 Å². The van der Waals surface area contributed by atoms with Crippen molar-refractivity contribution in [1.82, 2.24) is 14.8 Å². The second-order valence-corrected chi connectivity index (χ2v) is 6.71. The molecule has 0 fully saturated rings. The smallest absolute Gasteiger partial charge is 0.226 e. The summed E-state index contributed by atoms with van der Waals surface area (Å²) in [5.41, 5.74) is 2.56. The van der Waals surface area contributed by atoms with Crippen molar-refractivity contribution in [2.75, 3.05) is 11.9 Å². The third-order valence-corrected chi connectivity index (χ3v) is 4.79. The number of anilines is 1. The Morgan fingerprint density at radius 2 is 1.93 bits per heavy atom. The number of hydrogen-bond acceptors (Lipinski definition) is 4. The molecule has 0 saturated heterocycles. The second kappa shape index (κ2) is 7.50. The van der Waals surface area contributed by atoms with Crippen molar-refractivity contribution in [3.63, 3.8) is 0 Å². The monoisotopic (exact) mass is 384 g/mol. The van der Waals surface area contributed by atoms with Crippen LogP contribution < -0.4 is 5.32 Å². The van der Waals surface area contributed by atoms with Gasteiger partial charge >= 0.3 is 0 Å². The van der Waals surface area contributed by atoms with Gasteiger partial charge in [-0.1, -0.05) is 29.8 Å². The average molecular weight is 385 g/mol. The first kappa shape index (κ1) is 17.7. The number of rotatable bonds is 5. The van der Waals surface area contributed by atoms with Crippen LogP contribution in [0.25, 0.3) is 5.70 Å². The zero-order chi connectivity index (χ0) is 18.8. The first-order chi connectivity index (χ1) is 13.2. The summed E-state index contributed by atoms with van der Waals surface area (Å²) in [6.07, 6.45) is 3.18. The Balaban J connectivity index is 1.79. The maximum Gasteiger partial charge on any atom is 0.226 e. The van der Waals surface area contributed by atoms with Crippen LogP contribution in [0.4, 0.5) is 10.3 Å². The Morgan fingerprint density at radius 3 is 2.67 bits per heavy atom. The van der Waals surface area contributed by atoms with E-state index in [0.717, 1.165) is 16.8 Å². The van der Waals surface area contributed by atoms with E-state index < -0.39 is 0 Å². The van der Waals surface area contributed by atoms with Crippen LogP contribution in [-0.4, -0.2) is 26.5 Å². The summed E-state index contributed by atoms with van der Waals surface area (Å²) < 4.78 is 15.1. The molecule has 0 aliphatic carbocycles. The minimum Gasteiger partial charge on any atom is -0.396 e. The Morgan fingerprint density at radius 1 is 1.15 bits per heavy atom. The number of fused-ring (bicyclic) bond motifs is 1. The Bertz CT molecular complexity index is 984. The molecule has 7 heteroatoms. The van der Waals surface area contributed by atoms with Crippen LogP contribution in [0.2, 0.25) is 5.02 Å². The van der Waals surface area contributed by atoms with Gasteiger partial charge in [0, 0.05) is 23.7 Å². The summed E-state index contributed by atoms with van der Waals surface area (Å²) in [4.78, 5) is 4.56. The molecule has 5 nitrogen and oxygen atoms in total. The van der Waals surface area contributed by atoms with E-state index in [0.29, 0.717) is 29.6 Å². The molecule has 1 atom stereocenters. The quantitative estimate of drug-likeness (QED) is 0.696. The molecule has 0 saturated carbocycles. The van der Waals surface area contributed by atoms with Gasteiger partial charge in [0.05, 0.1) is 0 Å². The molecule has 1 aliphatic rings. The molecule has 1 aromatic heterocycles. The number of halogens is 2. The van der Waals surface area contributed by atoms with E-state index in [1.165, 1.54) is 12.1 Å². The van der Waals surface area contributed by atoms with Gasteiger partial charge < -0.3 is 10.4 Å². The van der Waals surface area contributed by atoms with Crippen molar-refractivity contribution < 1.29 is 9.50 Å². The molecular weight excluding hydrogens is 367 g/mol. The fourth-order valence-corrected chi connectivity index (χ4v) is 3.36. The van der Waals surface area contributed by atoms with Gasteiger partial charge in [-0.25, -0.2) is 9.07 Å². The molecule has 3 aromatic rings. The third kappa shape index (κ3) is 3.59. The second-order valence-electron chi connectivity index (χ2n) is 6.30. The van der Waals surface area contributed by atoms with Gasteiger partial charge in [-0.05, 0) is 54.0 Å². The summed E-state index contributed by atoms with van der Waals surface area (Å²) >= 11 is 6.44. The van der Waals surface area contributed by atoms with E-state index in [4.69, 9.17) is 16.7 Å². The van der Waals surface area contributed by atoms with E-state index in [1.54, 1.807) is 16.8 Å². The molecule has 4 rings (SSSR count). The van der Waals surface area contributed by atoms with Gasteiger partial charge in [-0.2, -0.15) is 10.1 Å². The molecule has 0 bridgehead atoms. The van der Waals surface area contributed by atoms with Crippen molar-refractivity contribution in [1.29, 1.82) is 0 Å². The van der Waals surface area contributed by atoms with Crippen molar-refractivity contribution in [3.8, 4) is 0 Å². The van der Waals surface area contributed by atoms with Crippen molar-refractivity contribution in [2.24, 2.45) is 0 Å². The van der Waals surface area contributed by atoms with E-state index in [1.807, 2.05) is 30.3 Å². The first-order valence-corrected chi connectivity index (χ1v) is 9.09. The largest absolute Gasteiger partial charge is 0.396 e. The van der Waals surface area contributed by atoms with E-state index >= 15 is 0 Å². The Labute approximate surface area is 161 Å². The predicted octanol–water partition coefficient (Wildman–Crippen LogP) is 4.05. The van der Waals surface area contributed by atoms with Crippen LogP contribution in [0, 0.1) is 5.82 Å². The lowest BCUT2D eigenvalue weighted by Gasteiger charge is -2.25. The number of aryl methyl sites for hydroxylation is 1. The van der Waals surface area contributed by atoms with Crippen LogP contribution in [0.1, 0.15) is 29.4 Å². The van der Waals surface area contributed by atoms with E-state index in [2.05, 4.69) is 15.4 Å². The van der Waals surface area contributed by atoms with Crippen LogP contribution in [0.5, 0.6) is 0 Å². The SMILES string of the molecule is OCCCc1nc2n(n1)[C@H](c1ccccc1Cl)C=C(c1ccc(F)cc1)N2. The highest BCUT2D eigenvalue weighted by Gasteiger charge is 2.26. The standard InChI is InChI=1S/C20H18ClFN4O/c21-16-5-2-1-4-15(16)18-12-17(13-7-9-14(22)10-8-13)23-20-24-19(6-3-11-27)25-26(18)20/h1-2,4-5,7-10,12,18,27H,3,6,11H2,(H,23,24,25)/t18-/m0/s1. The maximum atomic E-state index is 13.3. The normalized spacial score (nSPS) is 15.8. The molecule has 2 aromatic carbocycles. The van der Waals surface area contributed by atoms with Crippen molar-refractivity contribution in [2.45, 2.75) is 18.9 Å². The summed E-state index contributed by atoms with van der Waals surface area (Å²) in [7, 11) is 0. The van der Waals surface area contributed by atoms with Crippen molar-refractivity contribution in [3.05, 3.63) is 82.4 Å². The van der Waals surface area contributed by atoms with E-state index in [9.17, 15) is 4.39 Å². The number of nitrogens with one attached hydrogen (secondary N) is 1. The number of hydrogen-bond donors (Lipinski definition) is 2. The average Bonchev–Trinajstić information content (AvgIpc) is 3.09. The summed E-state index contributed by atoms with van der Waals surface area (Å²) in [6, 6.07) is 13.6. The van der Waals surface area contributed by atoms with E-state index in [-0.39, 0.29) is 18.5 Å². The van der Waals surface area contributed by atoms with Gasteiger partial charge in [0.2, 0.25) is 5.95 Å². The molecule has 1 aliphatic heterocycles. The number of aliphatic hydroxyl groups is 1. The number of aliphatic hydroxyl groups excluding tert-OH is 1. The van der Waals surface area contributed by atoms with Gasteiger partial charge in [-0.3, -0.25) is 0 Å². The topological polar surface area (TPSA) is 63.0 Å². The van der Waals surface area contributed by atoms with Gasteiger partial charge in [0.15, 0.2) is 5.82 Å². The molecule has 0 amide bonds. The highest BCUT2D eigenvalue weighted by atomic mass is 35.5. The number of nitrogens with zero attached hydrogens (tertiary/aromatic N) is 3. The van der Waals surface area contributed by atoms with Crippen LogP contribution in [-0.2, 0) is 6.42 Å². The zero-order valence-corrected chi connectivity index (χ0v) is 15.2. The summed E-state index contributed by atoms with van der Waals surface area (Å²) in [5, 5.41) is 17.6. The maximum absolute atomic E-state index is 13.3. The Hall–Kier alpha value is -2.70. The minimum atomic E-state index is -0.285. The fourth-order valence-electron chi connectivity index (χ4n) is 3.11. The van der Waals surface area contributed by atoms with Crippen LogP contribution >= 0.6 is 11.6 Å². The lowest BCUT2D eigenvalue weighted by molar-refractivity contribution is 0.287. The lowest BCUT2D eigenvalue weighted by atomic mass is 10.0. The molecule has 0 unspecified atom stereocenters. The molecule has 0 spiro atoms. The minimum absolute atomic E-state index is 0.0876.